The summed E-state index contributed by atoms with van der Waals surface area (Å²) in [7, 11) is 1.90. The molecule has 0 aliphatic carbocycles. The van der Waals surface area contributed by atoms with Crippen LogP contribution in [0.1, 0.15) is 39.3 Å². The molecular formula is C15H25FN2. The van der Waals surface area contributed by atoms with Crippen molar-refractivity contribution in [1.29, 1.82) is 0 Å². The van der Waals surface area contributed by atoms with E-state index in [4.69, 9.17) is 0 Å². The number of hydrogen-bond donors (Lipinski definition) is 1. The van der Waals surface area contributed by atoms with Gasteiger partial charge in [-0.1, -0.05) is 13.8 Å². The Labute approximate surface area is 110 Å². The van der Waals surface area contributed by atoms with Gasteiger partial charge in [-0.2, -0.15) is 0 Å². The monoisotopic (exact) mass is 252 g/mol. The largest absolute Gasteiger partial charge is 0.371 e. The zero-order chi connectivity index (χ0) is 13.7. The van der Waals surface area contributed by atoms with Crippen molar-refractivity contribution in [3.63, 3.8) is 0 Å². The molecule has 0 fully saturated rings. The fraction of sp³-hybridized carbons (Fsp3) is 0.600. The Morgan fingerprint density at radius 1 is 1.28 bits per heavy atom. The van der Waals surface area contributed by atoms with E-state index in [0.717, 1.165) is 24.3 Å². The third kappa shape index (κ3) is 3.70. The van der Waals surface area contributed by atoms with Crippen LogP contribution in [0.15, 0.2) is 18.2 Å². The van der Waals surface area contributed by atoms with E-state index in [1.807, 2.05) is 13.1 Å². The molecule has 3 heteroatoms. The van der Waals surface area contributed by atoms with Crippen LogP contribution in [0.2, 0.25) is 0 Å². The van der Waals surface area contributed by atoms with Gasteiger partial charge in [0.1, 0.15) is 5.82 Å². The molecular weight excluding hydrogens is 227 g/mol. The predicted molar refractivity (Wildman–Crippen MR) is 76.6 cm³/mol. The fourth-order valence-corrected chi connectivity index (χ4v) is 2.15. The molecule has 0 aliphatic heterocycles. The average Bonchev–Trinajstić information content (AvgIpc) is 2.35. The van der Waals surface area contributed by atoms with Gasteiger partial charge in [-0.3, -0.25) is 0 Å². The third-order valence-corrected chi connectivity index (χ3v) is 3.20. The molecule has 1 rings (SSSR count). The molecule has 0 heterocycles. The van der Waals surface area contributed by atoms with Gasteiger partial charge < -0.3 is 10.2 Å². The third-order valence-electron chi connectivity index (χ3n) is 3.20. The average molecular weight is 252 g/mol. The topological polar surface area (TPSA) is 15.3 Å². The quantitative estimate of drug-likeness (QED) is 0.832. The van der Waals surface area contributed by atoms with E-state index in [2.05, 4.69) is 37.9 Å². The van der Waals surface area contributed by atoms with Crippen molar-refractivity contribution < 1.29 is 4.39 Å². The summed E-state index contributed by atoms with van der Waals surface area (Å²) in [5.41, 5.74) is 2.16. The van der Waals surface area contributed by atoms with Crippen molar-refractivity contribution in [1.82, 2.24) is 5.32 Å². The van der Waals surface area contributed by atoms with Crippen molar-refractivity contribution in [2.24, 2.45) is 5.92 Å². The summed E-state index contributed by atoms with van der Waals surface area (Å²) >= 11 is 0. The lowest BCUT2D eigenvalue weighted by molar-refractivity contribution is 0.593. The summed E-state index contributed by atoms with van der Waals surface area (Å²) in [6.07, 6.45) is 0. The van der Waals surface area contributed by atoms with Crippen molar-refractivity contribution in [2.45, 2.75) is 33.7 Å². The van der Waals surface area contributed by atoms with Crippen molar-refractivity contribution in [3.05, 3.63) is 29.6 Å². The fourth-order valence-electron chi connectivity index (χ4n) is 2.15. The second-order valence-electron chi connectivity index (χ2n) is 5.15. The molecule has 0 bridgehead atoms. The highest BCUT2D eigenvalue weighted by Gasteiger charge is 2.15. The standard InChI is InChI=1S/C15H25FN2/c1-6-18(10-11(2)3)15-8-7-13(16)9-14(15)12(4)17-5/h7-9,11-12,17H,6,10H2,1-5H3. The number of rotatable bonds is 6. The van der Waals surface area contributed by atoms with Gasteiger partial charge in [0, 0.05) is 24.8 Å². The van der Waals surface area contributed by atoms with E-state index in [1.54, 1.807) is 12.1 Å². The maximum absolute atomic E-state index is 13.4. The zero-order valence-electron chi connectivity index (χ0n) is 12.1. The van der Waals surface area contributed by atoms with Crippen LogP contribution >= 0.6 is 0 Å². The van der Waals surface area contributed by atoms with E-state index >= 15 is 0 Å². The van der Waals surface area contributed by atoms with Crippen molar-refractivity contribution in [2.75, 3.05) is 25.0 Å². The zero-order valence-corrected chi connectivity index (χ0v) is 12.1. The maximum Gasteiger partial charge on any atom is 0.123 e. The molecule has 1 atom stereocenters. The number of nitrogens with one attached hydrogen (secondary N) is 1. The van der Waals surface area contributed by atoms with Crippen LogP contribution in [0.5, 0.6) is 0 Å². The Balaban J connectivity index is 3.12. The van der Waals surface area contributed by atoms with Crippen LogP contribution in [-0.2, 0) is 0 Å². The molecule has 1 aromatic rings. The summed E-state index contributed by atoms with van der Waals surface area (Å²) in [5.74, 6) is 0.421. The Hall–Kier alpha value is -1.09. The lowest BCUT2D eigenvalue weighted by atomic mass is 10.0. The number of anilines is 1. The van der Waals surface area contributed by atoms with Crippen LogP contribution in [0.25, 0.3) is 0 Å². The molecule has 0 aromatic heterocycles. The number of benzene rings is 1. The molecule has 0 spiro atoms. The first kappa shape index (κ1) is 15.0. The first-order valence-electron chi connectivity index (χ1n) is 6.71. The van der Waals surface area contributed by atoms with E-state index in [0.29, 0.717) is 5.92 Å². The van der Waals surface area contributed by atoms with Gasteiger partial charge in [0.25, 0.3) is 0 Å². The van der Waals surface area contributed by atoms with Gasteiger partial charge in [0.2, 0.25) is 0 Å². The first-order valence-corrected chi connectivity index (χ1v) is 6.71. The highest BCUT2D eigenvalue weighted by Crippen LogP contribution is 2.27. The van der Waals surface area contributed by atoms with E-state index in [-0.39, 0.29) is 11.9 Å². The molecule has 0 aliphatic rings. The van der Waals surface area contributed by atoms with Gasteiger partial charge in [-0.25, -0.2) is 4.39 Å². The molecule has 0 saturated heterocycles. The van der Waals surface area contributed by atoms with Gasteiger partial charge in [0.15, 0.2) is 0 Å². The van der Waals surface area contributed by atoms with E-state index < -0.39 is 0 Å². The minimum Gasteiger partial charge on any atom is -0.371 e. The SMILES string of the molecule is CCN(CC(C)C)c1ccc(F)cc1C(C)NC. The molecule has 0 amide bonds. The van der Waals surface area contributed by atoms with Crippen LogP contribution in [0.3, 0.4) is 0 Å². The lowest BCUT2D eigenvalue weighted by Gasteiger charge is -2.29. The van der Waals surface area contributed by atoms with E-state index in [9.17, 15) is 4.39 Å². The Bertz CT molecular complexity index is 377. The number of hydrogen-bond acceptors (Lipinski definition) is 2. The Morgan fingerprint density at radius 3 is 2.44 bits per heavy atom. The normalized spacial score (nSPS) is 12.8. The Morgan fingerprint density at radius 2 is 1.94 bits per heavy atom. The number of nitrogens with zero attached hydrogens (tertiary/aromatic N) is 1. The summed E-state index contributed by atoms with van der Waals surface area (Å²) in [5, 5.41) is 3.19. The summed E-state index contributed by atoms with van der Waals surface area (Å²) < 4.78 is 13.4. The van der Waals surface area contributed by atoms with Crippen molar-refractivity contribution in [3.8, 4) is 0 Å². The molecule has 0 radical (unpaired) electrons. The second-order valence-corrected chi connectivity index (χ2v) is 5.15. The molecule has 0 saturated carbocycles. The number of halogens is 1. The summed E-state index contributed by atoms with van der Waals surface area (Å²) in [6.45, 7) is 10.5. The summed E-state index contributed by atoms with van der Waals surface area (Å²) in [4.78, 5) is 2.31. The molecule has 18 heavy (non-hydrogen) atoms. The van der Waals surface area contributed by atoms with Crippen LogP contribution in [-0.4, -0.2) is 20.1 Å². The minimum absolute atomic E-state index is 0.150. The van der Waals surface area contributed by atoms with Gasteiger partial charge in [0.05, 0.1) is 0 Å². The van der Waals surface area contributed by atoms with E-state index in [1.165, 1.54) is 0 Å². The maximum atomic E-state index is 13.4. The van der Waals surface area contributed by atoms with Gasteiger partial charge in [-0.05, 0) is 50.6 Å². The second kappa shape index (κ2) is 6.74. The lowest BCUT2D eigenvalue weighted by Crippen LogP contribution is -2.29. The highest BCUT2D eigenvalue weighted by molar-refractivity contribution is 5.55. The molecule has 2 nitrogen and oxygen atoms in total. The smallest absolute Gasteiger partial charge is 0.123 e. The molecule has 1 aromatic carbocycles. The van der Waals surface area contributed by atoms with Crippen LogP contribution in [0, 0.1) is 11.7 Å². The van der Waals surface area contributed by atoms with Gasteiger partial charge >= 0.3 is 0 Å². The molecule has 1 N–H and O–H groups in total. The minimum atomic E-state index is -0.170. The predicted octanol–water partition coefficient (Wildman–Crippen LogP) is 3.59. The summed E-state index contributed by atoms with van der Waals surface area (Å²) in [6, 6.07) is 5.23. The van der Waals surface area contributed by atoms with Crippen LogP contribution in [0.4, 0.5) is 10.1 Å². The highest BCUT2D eigenvalue weighted by atomic mass is 19.1. The van der Waals surface area contributed by atoms with Crippen LogP contribution < -0.4 is 10.2 Å². The Kier molecular flexibility index (Phi) is 5.60. The van der Waals surface area contributed by atoms with Crippen molar-refractivity contribution >= 4 is 5.69 Å². The molecule has 1 unspecified atom stereocenters. The van der Waals surface area contributed by atoms with Gasteiger partial charge in [-0.15, -0.1) is 0 Å². The first-order chi connectivity index (χ1) is 8.49. The molecule has 102 valence electrons.